The van der Waals surface area contributed by atoms with E-state index in [1.807, 2.05) is 35.4 Å². The number of carbonyl (C=O) groups excluding carboxylic acids is 2. The molecule has 2 aliphatic rings. The average molecular weight is 465 g/mol. The Bertz CT molecular complexity index is 1010. The third kappa shape index (κ3) is 5.55. The van der Waals surface area contributed by atoms with Crippen molar-refractivity contribution in [3.8, 4) is 0 Å². The summed E-state index contributed by atoms with van der Waals surface area (Å²) in [6, 6.07) is 7.48. The highest BCUT2D eigenvalue weighted by Gasteiger charge is 2.32. The fourth-order valence-electron chi connectivity index (χ4n) is 5.05. The van der Waals surface area contributed by atoms with Crippen molar-refractivity contribution in [1.29, 1.82) is 0 Å². The molecule has 2 amide bonds. The number of anilines is 2. The van der Waals surface area contributed by atoms with Crippen LogP contribution in [0.25, 0.3) is 0 Å². The van der Waals surface area contributed by atoms with Crippen LogP contribution in [0.4, 0.5) is 11.6 Å². The Labute approximate surface area is 201 Å². The zero-order chi connectivity index (χ0) is 24.2. The second kappa shape index (κ2) is 10.5. The van der Waals surface area contributed by atoms with E-state index in [9.17, 15) is 9.59 Å². The molecular weight excluding hydrogens is 428 g/mol. The van der Waals surface area contributed by atoms with E-state index in [1.54, 1.807) is 0 Å². The van der Waals surface area contributed by atoms with E-state index in [0.717, 1.165) is 68.8 Å². The lowest BCUT2D eigenvalue weighted by Crippen LogP contribution is -2.47. The summed E-state index contributed by atoms with van der Waals surface area (Å²) in [6.07, 6.45) is 5.52. The Hall–Kier alpha value is -3.00. The molecule has 3 N–H and O–H groups in total. The fourth-order valence-corrected chi connectivity index (χ4v) is 5.05. The summed E-state index contributed by atoms with van der Waals surface area (Å²) in [7, 11) is 2.08. The number of hydrogen-bond acceptors (Lipinski definition) is 6. The summed E-state index contributed by atoms with van der Waals surface area (Å²) in [5.41, 5.74) is 9.24. The third-order valence-electron chi connectivity index (χ3n) is 7.18. The maximum atomic E-state index is 12.8. The molecule has 4 rings (SSSR count). The van der Waals surface area contributed by atoms with Crippen molar-refractivity contribution in [2.45, 2.75) is 45.4 Å². The molecular formula is C26H36N6O2. The van der Waals surface area contributed by atoms with Gasteiger partial charge in [-0.1, -0.05) is 20.3 Å². The molecule has 1 saturated carbocycles. The van der Waals surface area contributed by atoms with Crippen molar-refractivity contribution >= 4 is 23.5 Å². The first-order valence-electron chi connectivity index (χ1n) is 12.3. The number of piperazine rings is 1. The minimum Gasteiger partial charge on any atom is -0.369 e. The Kier molecular flexibility index (Phi) is 7.46. The molecule has 0 unspecified atom stereocenters. The van der Waals surface area contributed by atoms with Crippen LogP contribution in [0.15, 0.2) is 30.5 Å². The minimum absolute atomic E-state index is 0.0695. The number of likely N-dealkylation sites (N-methyl/N-ethyl adjacent to an activating group) is 1. The van der Waals surface area contributed by atoms with Gasteiger partial charge in [-0.2, -0.15) is 0 Å². The highest BCUT2D eigenvalue weighted by Crippen LogP contribution is 2.35. The number of nitrogens with one attached hydrogen (secondary N) is 1. The van der Waals surface area contributed by atoms with Crippen LogP contribution in [-0.2, 0) is 11.2 Å². The highest BCUT2D eigenvalue weighted by molar-refractivity contribution is 5.94. The predicted octanol–water partition coefficient (Wildman–Crippen LogP) is 3.18. The van der Waals surface area contributed by atoms with Crippen LogP contribution in [0.2, 0.25) is 0 Å². The maximum absolute atomic E-state index is 12.8. The summed E-state index contributed by atoms with van der Waals surface area (Å²) in [6.45, 7) is 7.58. The van der Waals surface area contributed by atoms with Gasteiger partial charge in [0.2, 0.25) is 11.9 Å². The SMILES string of the molecule is CC(C)c1cnc(Nc2ccc(C(=O)N3CCN(C)CC3)cc2)nc1C[C@@H]1CCC[C@@H]1C(N)=O. The van der Waals surface area contributed by atoms with Crippen LogP contribution in [0.5, 0.6) is 0 Å². The molecule has 2 fully saturated rings. The second-order valence-electron chi connectivity index (χ2n) is 9.95. The number of hydrogen-bond donors (Lipinski definition) is 2. The van der Waals surface area contributed by atoms with Gasteiger partial charge in [0.1, 0.15) is 0 Å². The number of amides is 2. The first-order chi connectivity index (χ1) is 16.3. The zero-order valence-electron chi connectivity index (χ0n) is 20.5. The molecule has 1 aliphatic heterocycles. The van der Waals surface area contributed by atoms with Crippen molar-refractivity contribution in [2.24, 2.45) is 17.6 Å². The number of aromatic nitrogens is 2. The largest absolute Gasteiger partial charge is 0.369 e. The summed E-state index contributed by atoms with van der Waals surface area (Å²) < 4.78 is 0. The Morgan fingerprint density at radius 3 is 2.47 bits per heavy atom. The number of nitrogens with zero attached hydrogens (tertiary/aromatic N) is 4. The quantitative estimate of drug-likeness (QED) is 0.652. The summed E-state index contributed by atoms with van der Waals surface area (Å²) >= 11 is 0. The Morgan fingerprint density at radius 1 is 1.12 bits per heavy atom. The van der Waals surface area contributed by atoms with Crippen LogP contribution in [0.3, 0.4) is 0 Å². The van der Waals surface area contributed by atoms with E-state index in [-0.39, 0.29) is 29.6 Å². The van der Waals surface area contributed by atoms with Crippen LogP contribution in [0, 0.1) is 11.8 Å². The first kappa shape index (κ1) is 24.1. The van der Waals surface area contributed by atoms with Gasteiger partial charge in [0, 0.05) is 55.2 Å². The van der Waals surface area contributed by atoms with Gasteiger partial charge in [0.15, 0.2) is 0 Å². The molecule has 0 spiro atoms. The number of benzene rings is 1. The van der Waals surface area contributed by atoms with Gasteiger partial charge in [0.05, 0.1) is 0 Å². The molecule has 2 atom stereocenters. The highest BCUT2D eigenvalue weighted by atomic mass is 16.2. The molecule has 1 saturated heterocycles. The monoisotopic (exact) mass is 464 g/mol. The van der Waals surface area contributed by atoms with Crippen molar-refractivity contribution < 1.29 is 9.59 Å². The van der Waals surface area contributed by atoms with Crippen LogP contribution < -0.4 is 11.1 Å². The third-order valence-corrected chi connectivity index (χ3v) is 7.18. The maximum Gasteiger partial charge on any atom is 0.253 e. The van der Waals surface area contributed by atoms with Gasteiger partial charge in [0.25, 0.3) is 5.91 Å². The molecule has 2 heterocycles. The van der Waals surface area contributed by atoms with Gasteiger partial charge in [-0.15, -0.1) is 0 Å². The number of primary amides is 1. The molecule has 1 aromatic heterocycles. The predicted molar refractivity (Wildman–Crippen MR) is 133 cm³/mol. The molecule has 182 valence electrons. The van der Waals surface area contributed by atoms with Gasteiger partial charge in [-0.3, -0.25) is 9.59 Å². The van der Waals surface area contributed by atoms with E-state index in [4.69, 9.17) is 10.7 Å². The first-order valence-corrected chi connectivity index (χ1v) is 12.3. The van der Waals surface area contributed by atoms with E-state index in [0.29, 0.717) is 11.5 Å². The van der Waals surface area contributed by atoms with Gasteiger partial charge in [-0.05, 0) is 68.0 Å². The average Bonchev–Trinajstić information content (AvgIpc) is 3.28. The standard InChI is InChI=1S/C26H36N6O2/c1-17(2)22-16-28-26(30-23(22)15-19-5-4-6-21(19)24(27)33)29-20-9-7-18(8-10-20)25(34)32-13-11-31(3)12-14-32/h7-10,16-17,19,21H,4-6,11-15H2,1-3H3,(H2,27,33)(H,28,29,30)/t19-,21-/m0/s1. The molecule has 0 radical (unpaired) electrons. The molecule has 2 aromatic rings. The Balaban J connectivity index is 1.46. The summed E-state index contributed by atoms with van der Waals surface area (Å²) in [5.74, 6) is 0.838. The van der Waals surface area contributed by atoms with Gasteiger partial charge >= 0.3 is 0 Å². The van der Waals surface area contributed by atoms with E-state index < -0.39 is 0 Å². The summed E-state index contributed by atoms with van der Waals surface area (Å²) in [5, 5.41) is 3.28. The van der Waals surface area contributed by atoms with Crippen molar-refractivity contribution in [3.05, 3.63) is 47.3 Å². The van der Waals surface area contributed by atoms with Crippen LogP contribution >= 0.6 is 0 Å². The molecule has 34 heavy (non-hydrogen) atoms. The lowest BCUT2D eigenvalue weighted by molar-refractivity contribution is -0.122. The second-order valence-corrected chi connectivity index (χ2v) is 9.95. The van der Waals surface area contributed by atoms with Crippen molar-refractivity contribution in [3.63, 3.8) is 0 Å². The number of rotatable bonds is 7. The van der Waals surface area contributed by atoms with Gasteiger partial charge < -0.3 is 20.9 Å². The Morgan fingerprint density at radius 2 is 1.82 bits per heavy atom. The smallest absolute Gasteiger partial charge is 0.253 e. The lowest BCUT2D eigenvalue weighted by Gasteiger charge is -2.32. The number of carbonyl (C=O) groups is 2. The van der Waals surface area contributed by atoms with Crippen molar-refractivity contribution in [2.75, 3.05) is 38.5 Å². The molecule has 8 nitrogen and oxygen atoms in total. The molecule has 8 heteroatoms. The van der Waals surface area contributed by atoms with Crippen LogP contribution in [-0.4, -0.2) is 64.8 Å². The lowest BCUT2D eigenvalue weighted by atomic mass is 9.88. The van der Waals surface area contributed by atoms with Crippen molar-refractivity contribution in [1.82, 2.24) is 19.8 Å². The topological polar surface area (TPSA) is 104 Å². The molecule has 1 aliphatic carbocycles. The van der Waals surface area contributed by atoms with E-state index in [2.05, 4.69) is 36.1 Å². The minimum atomic E-state index is -0.202. The van der Waals surface area contributed by atoms with Gasteiger partial charge in [-0.25, -0.2) is 9.97 Å². The normalized spacial score (nSPS) is 21.1. The van der Waals surface area contributed by atoms with E-state index >= 15 is 0 Å². The summed E-state index contributed by atoms with van der Waals surface area (Å²) in [4.78, 5) is 38.2. The fraction of sp³-hybridized carbons (Fsp3) is 0.538. The molecule has 0 bridgehead atoms. The number of nitrogens with two attached hydrogens (primary N) is 1. The van der Waals surface area contributed by atoms with Crippen LogP contribution in [0.1, 0.15) is 60.6 Å². The zero-order valence-corrected chi connectivity index (χ0v) is 20.5. The van der Waals surface area contributed by atoms with E-state index in [1.165, 1.54) is 0 Å². The molecule has 1 aromatic carbocycles.